The van der Waals surface area contributed by atoms with Gasteiger partial charge in [0, 0.05) is 17.8 Å². The summed E-state index contributed by atoms with van der Waals surface area (Å²) < 4.78 is 1.12. The fraction of sp³-hybridized carbons (Fsp3) is 0.583. The van der Waals surface area contributed by atoms with Crippen molar-refractivity contribution in [1.82, 2.24) is 19.9 Å². The molecule has 0 amide bonds. The van der Waals surface area contributed by atoms with Crippen molar-refractivity contribution in [2.24, 2.45) is 5.92 Å². The van der Waals surface area contributed by atoms with Crippen molar-refractivity contribution in [1.29, 1.82) is 0 Å². The van der Waals surface area contributed by atoms with E-state index in [9.17, 15) is 5.11 Å². The minimum Gasteiger partial charge on any atom is -0.390 e. The van der Waals surface area contributed by atoms with Gasteiger partial charge in [-0.15, -0.1) is 11.3 Å². The van der Waals surface area contributed by atoms with E-state index in [-0.39, 0.29) is 17.5 Å². The molecule has 2 saturated carbocycles. The minimum absolute atomic E-state index is 0.100. The Hall–Kier alpha value is -2.32. The summed E-state index contributed by atoms with van der Waals surface area (Å²) in [5.41, 5.74) is 3.18. The molecule has 8 heteroatoms. The van der Waals surface area contributed by atoms with Crippen LogP contribution in [0.1, 0.15) is 64.3 Å². The summed E-state index contributed by atoms with van der Waals surface area (Å²) in [6.45, 7) is 10.1. The van der Waals surface area contributed by atoms with E-state index in [0.717, 1.165) is 70.1 Å². The Morgan fingerprint density at radius 3 is 2.56 bits per heavy atom. The fourth-order valence-electron chi connectivity index (χ4n) is 4.61. The molecule has 170 valence electrons. The predicted molar refractivity (Wildman–Crippen MR) is 130 cm³/mol. The molecule has 0 saturated heterocycles. The van der Waals surface area contributed by atoms with Crippen molar-refractivity contribution in [3.05, 3.63) is 23.7 Å². The van der Waals surface area contributed by atoms with Gasteiger partial charge in [0.05, 0.1) is 27.3 Å². The SMILES string of the molecule is Cc1nc(NC2(C)CC2)nc(NC2CCC(C(C)(C)O)C2)c1-c1nc2c(C)nccc2s1. The average molecular weight is 453 g/mol. The van der Waals surface area contributed by atoms with Crippen LogP contribution in [0, 0.1) is 19.8 Å². The van der Waals surface area contributed by atoms with Crippen LogP contribution < -0.4 is 10.6 Å². The van der Waals surface area contributed by atoms with Crippen LogP contribution >= 0.6 is 11.3 Å². The summed E-state index contributed by atoms with van der Waals surface area (Å²) in [5, 5.41) is 18.6. The lowest BCUT2D eigenvalue weighted by molar-refractivity contribution is 0.0197. The summed E-state index contributed by atoms with van der Waals surface area (Å²) in [6.07, 6.45) is 7.06. The van der Waals surface area contributed by atoms with Crippen molar-refractivity contribution in [2.45, 2.75) is 83.9 Å². The van der Waals surface area contributed by atoms with Crippen LogP contribution in [0.5, 0.6) is 0 Å². The average Bonchev–Trinajstić information content (AvgIpc) is 3.09. The Morgan fingerprint density at radius 1 is 1.12 bits per heavy atom. The van der Waals surface area contributed by atoms with Crippen molar-refractivity contribution in [2.75, 3.05) is 10.6 Å². The zero-order chi connectivity index (χ0) is 22.7. The maximum absolute atomic E-state index is 10.5. The molecule has 0 aromatic carbocycles. The number of hydrogen-bond acceptors (Lipinski definition) is 8. The number of aryl methyl sites for hydroxylation is 2. The molecule has 0 bridgehead atoms. The number of fused-ring (bicyclic) bond motifs is 1. The summed E-state index contributed by atoms with van der Waals surface area (Å²) >= 11 is 1.66. The maximum Gasteiger partial charge on any atom is 0.225 e. The minimum atomic E-state index is -0.661. The van der Waals surface area contributed by atoms with Crippen molar-refractivity contribution in [3.8, 4) is 10.6 Å². The number of aromatic nitrogens is 4. The molecule has 2 aliphatic carbocycles. The van der Waals surface area contributed by atoms with Gasteiger partial charge >= 0.3 is 0 Å². The van der Waals surface area contributed by atoms with Gasteiger partial charge < -0.3 is 15.7 Å². The molecule has 5 rings (SSSR count). The van der Waals surface area contributed by atoms with Gasteiger partial charge in [-0.2, -0.15) is 4.98 Å². The Morgan fingerprint density at radius 2 is 1.91 bits per heavy atom. The number of anilines is 2. The summed E-state index contributed by atoms with van der Waals surface area (Å²) in [6, 6.07) is 2.28. The lowest BCUT2D eigenvalue weighted by atomic mass is 9.89. The van der Waals surface area contributed by atoms with Crippen LogP contribution in [-0.2, 0) is 0 Å². The molecule has 2 atom stereocenters. The third kappa shape index (κ3) is 4.18. The van der Waals surface area contributed by atoms with Gasteiger partial charge in [-0.25, -0.2) is 9.97 Å². The first-order valence-corrected chi connectivity index (χ1v) is 12.3. The van der Waals surface area contributed by atoms with E-state index in [0.29, 0.717) is 5.95 Å². The lowest BCUT2D eigenvalue weighted by Crippen LogP contribution is -2.30. The van der Waals surface area contributed by atoms with Crippen LogP contribution in [0.3, 0.4) is 0 Å². The molecule has 2 aliphatic rings. The number of rotatable bonds is 6. The van der Waals surface area contributed by atoms with Crippen molar-refractivity contribution < 1.29 is 5.11 Å². The number of thiazole rings is 1. The van der Waals surface area contributed by atoms with E-state index in [2.05, 4.69) is 22.5 Å². The largest absolute Gasteiger partial charge is 0.390 e. The van der Waals surface area contributed by atoms with Crippen molar-refractivity contribution >= 4 is 33.3 Å². The second-order valence-corrected chi connectivity index (χ2v) is 11.3. The van der Waals surface area contributed by atoms with Gasteiger partial charge in [-0.1, -0.05) is 0 Å². The highest BCUT2D eigenvalue weighted by atomic mass is 32.1. The molecule has 0 spiro atoms. The standard InChI is InChI=1S/C24H32N6OS/c1-13-18(21-28-19-14(2)25-11-8-17(19)32-21)20(29-22(26-13)30-24(5)9-10-24)27-16-7-6-15(12-16)23(3,4)31/h8,11,15-16,31H,6-7,9-10,12H2,1-5H3,(H2,26,27,29,30). The van der Waals surface area contributed by atoms with Crippen LogP contribution in [0.15, 0.2) is 12.3 Å². The first kappa shape index (κ1) is 21.5. The van der Waals surface area contributed by atoms with E-state index in [4.69, 9.17) is 15.0 Å². The number of nitrogens with zero attached hydrogens (tertiary/aromatic N) is 4. The molecule has 0 aliphatic heterocycles. The second-order valence-electron chi connectivity index (χ2n) is 10.3. The zero-order valence-electron chi connectivity index (χ0n) is 19.5. The van der Waals surface area contributed by atoms with E-state index >= 15 is 0 Å². The Bertz CT molecular complexity index is 1160. The quantitative estimate of drug-likeness (QED) is 0.480. The number of pyridine rings is 1. The molecule has 2 unspecified atom stereocenters. The highest BCUT2D eigenvalue weighted by Gasteiger charge is 2.39. The van der Waals surface area contributed by atoms with Crippen LogP contribution in [0.4, 0.5) is 11.8 Å². The number of nitrogens with one attached hydrogen (secondary N) is 2. The molecule has 0 radical (unpaired) electrons. The van der Waals surface area contributed by atoms with Crippen molar-refractivity contribution in [3.63, 3.8) is 0 Å². The lowest BCUT2D eigenvalue weighted by Gasteiger charge is -2.26. The topological polar surface area (TPSA) is 95.9 Å². The highest BCUT2D eigenvalue weighted by molar-refractivity contribution is 7.21. The van der Waals surface area contributed by atoms with Crippen LogP contribution in [0.2, 0.25) is 0 Å². The Labute approximate surface area is 193 Å². The van der Waals surface area contributed by atoms with Gasteiger partial charge in [0.1, 0.15) is 16.3 Å². The monoisotopic (exact) mass is 452 g/mol. The Kier molecular flexibility index (Phi) is 5.13. The molecule has 3 heterocycles. The molecule has 3 aromatic heterocycles. The summed E-state index contributed by atoms with van der Waals surface area (Å²) in [4.78, 5) is 19.1. The maximum atomic E-state index is 10.5. The molecule has 32 heavy (non-hydrogen) atoms. The van der Waals surface area contributed by atoms with E-state index in [1.807, 2.05) is 40.0 Å². The molecular weight excluding hydrogens is 420 g/mol. The van der Waals surface area contributed by atoms with Gasteiger partial charge in [-0.3, -0.25) is 4.98 Å². The van der Waals surface area contributed by atoms with Gasteiger partial charge in [0.2, 0.25) is 5.95 Å². The molecule has 3 aromatic rings. The Balaban J connectivity index is 1.53. The van der Waals surface area contributed by atoms with Gasteiger partial charge in [0.15, 0.2) is 0 Å². The predicted octanol–water partition coefficient (Wildman–Crippen LogP) is 5.08. The third-order valence-corrected chi connectivity index (χ3v) is 8.02. The van der Waals surface area contributed by atoms with E-state index in [1.54, 1.807) is 11.3 Å². The van der Waals surface area contributed by atoms with E-state index in [1.165, 1.54) is 0 Å². The first-order valence-electron chi connectivity index (χ1n) is 11.5. The first-order chi connectivity index (χ1) is 15.1. The number of aliphatic hydroxyl groups is 1. The molecular formula is C24H32N6OS. The fourth-order valence-corrected chi connectivity index (χ4v) is 5.72. The van der Waals surface area contributed by atoms with Gasteiger partial charge in [0.25, 0.3) is 0 Å². The normalized spacial score (nSPS) is 22.3. The van der Waals surface area contributed by atoms with Gasteiger partial charge in [-0.05, 0) is 78.7 Å². The molecule has 7 nitrogen and oxygen atoms in total. The number of hydrogen-bond donors (Lipinski definition) is 3. The molecule has 3 N–H and O–H groups in total. The molecule has 2 fully saturated rings. The van der Waals surface area contributed by atoms with Crippen LogP contribution in [0.25, 0.3) is 20.8 Å². The third-order valence-electron chi connectivity index (χ3n) is 6.98. The second kappa shape index (κ2) is 7.63. The summed E-state index contributed by atoms with van der Waals surface area (Å²) in [7, 11) is 0. The summed E-state index contributed by atoms with van der Waals surface area (Å²) in [5.74, 6) is 1.78. The zero-order valence-corrected chi connectivity index (χ0v) is 20.3. The smallest absolute Gasteiger partial charge is 0.225 e. The van der Waals surface area contributed by atoms with Crippen LogP contribution in [-0.4, -0.2) is 42.2 Å². The van der Waals surface area contributed by atoms with E-state index < -0.39 is 5.60 Å². The highest BCUT2D eigenvalue weighted by Crippen LogP contribution is 2.41.